The Bertz CT molecular complexity index is 1230. The molecule has 0 saturated carbocycles. The number of ether oxygens (including phenoxy) is 1. The zero-order valence-corrected chi connectivity index (χ0v) is 18.6. The van der Waals surface area contributed by atoms with Crippen molar-refractivity contribution in [3.8, 4) is 22.8 Å². The van der Waals surface area contributed by atoms with Crippen molar-refractivity contribution < 1.29 is 13.9 Å². The van der Waals surface area contributed by atoms with Crippen molar-refractivity contribution in [1.82, 2.24) is 20.2 Å². The van der Waals surface area contributed by atoms with Crippen molar-refractivity contribution in [2.75, 3.05) is 12.9 Å². The molecule has 1 N–H and O–H groups in total. The fraction of sp³-hybridized carbons (Fsp3) is 0.0833. The maximum absolute atomic E-state index is 12.3. The fourth-order valence-corrected chi connectivity index (χ4v) is 3.68. The minimum Gasteiger partial charge on any atom is -0.497 e. The van der Waals surface area contributed by atoms with E-state index in [1.54, 1.807) is 31.6 Å². The number of allylic oxidation sites excluding steroid dienone is 1. The summed E-state index contributed by atoms with van der Waals surface area (Å²) in [5, 5.41) is 13.2. The van der Waals surface area contributed by atoms with E-state index in [4.69, 9.17) is 9.15 Å². The summed E-state index contributed by atoms with van der Waals surface area (Å²) in [6.45, 7) is 0. The first-order valence-corrected chi connectivity index (χ1v) is 11.0. The van der Waals surface area contributed by atoms with E-state index in [-0.39, 0.29) is 11.7 Å². The van der Waals surface area contributed by atoms with Crippen molar-refractivity contribution in [1.29, 1.82) is 0 Å². The van der Waals surface area contributed by atoms with Gasteiger partial charge in [0.05, 0.1) is 19.1 Å². The molecular weight excluding hydrogens is 438 g/mol. The molecule has 4 aromatic rings. The van der Waals surface area contributed by atoms with Crippen LogP contribution < -0.4 is 10.2 Å². The van der Waals surface area contributed by atoms with Crippen molar-refractivity contribution in [3.63, 3.8) is 0 Å². The summed E-state index contributed by atoms with van der Waals surface area (Å²) in [7, 11) is 1.62. The van der Waals surface area contributed by atoms with E-state index >= 15 is 0 Å². The Labute approximate surface area is 195 Å². The number of furan rings is 1. The molecule has 0 spiro atoms. The Morgan fingerprint density at radius 3 is 2.67 bits per heavy atom. The van der Waals surface area contributed by atoms with Crippen LogP contribution in [-0.2, 0) is 4.79 Å². The maximum Gasteiger partial charge on any atom is 0.250 e. The zero-order valence-electron chi connectivity index (χ0n) is 17.8. The number of hydrazone groups is 1. The molecule has 2 aromatic carbocycles. The summed E-state index contributed by atoms with van der Waals surface area (Å²) >= 11 is 1.28. The number of thioether (sulfide) groups is 1. The van der Waals surface area contributed by atoms with Gasteiger partial charge in [-0.05, 0) is 48.6 Å². The molecule has 0 radical (unpaired) electrons. The molecule has 0 aliphatic rings. The van der Waals surface area contributed by atoms with Crippen LogP contribution in [0.25, 0.3) is 23.2 Å². The maximum atomic E-state index is 12.3. The quantitative estimate of drug-likeness (QED) is 0.226. The highest BCUT2D eigenvalue weighted by molar-refractivity contribution is 7.99. The third kappa shape index (κ3) is 5.78. The normalized spacial score (nSPS) is 11.3. The molecular formula is C24H21N5O3S. The summed E-state index contributed by atoms with van der Waals surface area (Å²) in [6.07, 6.45) is 6.49. The average molecular weight is 460 g/mol. The lowest BCUT2D eigenvalue weighted by Gasteiger charge is -2.11. The summed E-state index contributed by atoms with van der Waals surface area (Å²) in [6, 6.07) is 21.0. The first-order chi connectivity index (χ1) is 16.2. The van der Waals surface area contributed by atoms with Gasteiger partial charge in [0.1, 0.15) is 11.5 Å². The summed E-state index contributed by atoms with van der Waals surface area (Å²) in [4.78, 5) is 12.3. The van der Waals surface area contributed by atoms with Gasteiger partial charge in [0.25, 0.3) is 5.91 Å². The molecule has 0 aliphatic carbocycles. The van der Waals surface area contributed by atoms with Gasteiger partial charge in [-0.2, -0.15) is 5.10 Å². The summed E-state index contributed by atoms with van der Waals surface area (Å²) < 4.78 is 12.4. The van der Waals surface area contributed by atoms with Crippen molar-refractivity contribution in [2.24, 2.45) is 5.10 Å². The fourth-order valence-electron chi connectivity index (χ4n) is 2.94. The van der Waals surface area contributed by atoms with Gasteiger partial charge in [-0.25, -0.2) is 5.43 Å². The van der Waals surface area contributed by atoms with E-state index in [1.165, 1.54) is 18.0 Å². The molecule has 0 saturated heterocycles. The number of amides is 1. The van der Waals surface area contributed by atoms with E-state index in [2.05, 4.69) is 20.7 Å². The predicted molar refractivity (Wildman–Crippen MR) is 128 cm³/mol. The Balaban J connectivity index is 1.46. The van der Waals surface area contributed by atoms with Crippen LogP contribution in [0.1, 0.15) is 5.76 Å². The molecule has 0 aliphatic heterocycles. The lowest BCUT2D eigenvalue weighted by molar-refractivity contribution is -0.118. The Morgan fingerprint density at radius 1 is 1.12 bits per heavy atom. The third-order valence-corrected chi connectivity index (χ3v) is 5.41. The van der Waals surface area contributed by atoms with Crippen molar-refractivity contribution >= 4 is 30.0 Å². The van der Waals surface area contributed by atoms with Gasteiger partial charge in [0.2, 0.25) is 0 Å². The molecule has 4 rings (SSSR count). The third-order valence-electron chi connectivity index (χ3n) is 4.48. The Morgan fingerprint density at radius 2 is 1.94 bits per heavy atom. The van der Waals surface area contributed by atoms with Gasteiger partial charge < -0.3 is 9.15 Å². The van der Waals surface area contributed by atoms with E-state index < -0.39 is 0 Å². The highest BCUT2D eigenvalue weighted by Gasteiger charge is 2.17. The van der Waals surface area contributed by atoms with E-state index in [9.17, 15) is 4.79 Å². The molecule has 8 nitrogen and oxygen atoms in total. The van der Waals surface area contributed by atoms with E-state index in [0.717, 1.165) is 17.0 Å². The van der Waals surface area contributed by atoms with Crippen LogP contribution in [0, 0.1) is 0 Å². The standard InChI is InChI=1S/C24H21N5O3S/c1-31-20-13-11-19(12-14-20)29-23(18-7-3-2-4-8-18)27-28-24(29)33-17-22(30)26-25-15-5-9-21-10-6-16-32-21/h2-16H,17H2,1H3,(H,26,30)/b9-5+,25-15+. The first kappa shape index (κ1) is 22.1. The first-order valence-electron chi connectivity index (χ1n) is 10.0. The summed E-state index contributed by atoms with van der Waals surface area (Å²) in [5.74, 6) is 2.01. The molecule has 0 atom stereocenters. The number of methoxy groups -OCH3 is 1. The number of aromatic nitrogens is 3. The minimum absolute atomic E-state index is 0.127. The second kappa shape index (κ2) is 11.0. The number of nitrogens with one attached hydrogen (secondary N) is 1. The monoisotopic (exact) mass is 459 g/mol. The highest BCUT2D eigenvalue weighted by Crippen LogP contribution is 2.28. The van der Waals surface area contributed by atoms with Gasteiger partial charge in [-0.3, -0.25) is 9.36 Å². The second-order valence-electron chi connectivity index (χ2n) is 6.68. The molecule has 0 bridgehead atoms. The molecule has 0 fully saturated rings. The average Bonchev–Trinajstić information content (AvgIpc) is 3.53. The van der Waals surface area contributed by atoms with Gasteiger partial charge >= 0.3 is 0 Å². The topological polar surface area (TPSA) is 94.5 Å². The van der Waals surface area contributed by atoms with Gasteiger partial charge in [-0.15, -0.1) is 10.2 Å². The molecule has 0 unspecified atom stereocenters. The van der Waals surface area contributed by atoms with Gasteiger partial charge in [0, 0.05) is 17.5 Å². The van der Waals surface area contributed by atoms with Crippen molar-refractivity contribution in [2.45, 2.75) is 5.16 Å². The Hall–Kier alpha value is -4.11. The second-order valence-corrected chi connectivity index (χ2v) is 7.62. The molecule has 1 amide bonds. The van der Waals surface area contributed by atoms with Crippen LogP contribution in [0.3, 0.4) is 0 Å². The number of carbonyl (C=O) groups is 1. The molecule has 9 heteroatoms. The van der Waals surface area contributed by atoms with Crippen LogP contribution in [0.4, 0.5) is 0 Å². The van der Waals surface area contributed by atoms with Crippen LogP contribution in [0.15, 0.2) is 93.7 Å². The number of carbonyl (C=O) groups excluding carboxylic acids is 1. The van der Waals surface area contributed by atoms with Gasteiger partial charge in [-0.1, -0.05) is 42.1 Å². The predicted octanol–water partition coefficient (Wildman–Crippen LogP) is 4.44. The van der Waals surface area contributed by atoms with E-state index in [1.807, 2.05) is 65.2 Å². The number of nitrogens with zero attached hydrogens (tertiary/aromatic N) is 4. The lowest BCUT2D eigenvalue weighted by atomic mass is 10.2. The van der Waals surface area contributed by atoms with Crippen LogP contribution >= 0.6 is 11.8 Å². The van der Waals surface area contributed by atoms with Crippen LogP contribution in [-0.4, -0.2) is 39.7 Å². The number of benzene rings is 2. The Kier molecular flexibility index (Phi) is 7.34. The van der Waals surface area contributed by atoms with Gasteiger partial charge in [0.15, 0.2) is 11.0 Å². The SMILES string of the molecule is COc1ccc(-n2c(SCC(=O)N/N=C/C=C/c3ccco3)nnc2-c2ccccc2)cc1. The molecule has 2 heterocycles. The number of hydrogen-bond acceptors (Lipinski definition) is 7. The number of rotatable bonds is 9. The highest BCUT2D eigenvalue weighted by atomic mass is 32.2. The van der Waals surface area contributed by atoms with Crippen LogP contribution in [0.5, 0.6) is 5.75 Å². The van der Waals surface area contributed by atoms with E-state index in [0.29, 0.717) is 16.7 Å². The van der Waals surface area contributed by atoms with Crippen LogP contribution in [0.2, 0.25) is 0 Å². The summed E-state index contributed by atoms with van der Waals surface area (Å²) in [5.41, 5.74) is 4.29. The molecule has 166 valence electrons. The minimum atomic E-state index is -0.256. The smallest absolute Gasteiger partial charge is 0.250 e. The largest absolute Gasteiger partial charge is 0.497 e. The molecule has 2 aromatic heterocycles. The number of hydrogen-bond donors (Lipinski definition) is 1. The molecule has 33 heavy (non-hydrogen) atoms. The van der Waals surface area contributed by atoms with Crippen molar-refractivity contribution in [3.05, 3.63) is 84.8 Å². The lowest BCUT2D eigenvalue weighted by Crippen LogP contribution is -2.19. The zero-order chi connectivity index (χ0) is 22.9.